The Morgan fingerprint density at radius 2 is 2.14 bits per heavy atom. The van der Waals surface area contributed by atoms with Gasteiger partial charge in [0.1, 0.15) is 0 Å². The second-order valence-electron chi connectivity index (χ2n) is 5.53. The Labute approximate surface area is 136 Å². The lowest BCUT2D eigenvalue weighted by Crippen LogP contribution is -2.38. The van der Waals surface area contributed by atoms with Gasteiger partial charge in [-0.15, -0.1) is 5.10 Å². The normalized spacial score (nSPS) is 19.2. The van der Waals surface area contributed by atoms with Crippen LogP contribution in [0.5, 0.6) is 0 Å². The van der Waals surface area contributed by atoms with E-state index in [0.717, 1.165) is 35.2 Å². The maximum atomic E-state index is 11.2. The minimum absolute atomic E-state index is 0.272. The zero-order valence-corrected chi connectivity index (χ0v) is 13.6. The van der Waals surface area contributed by atoms with Crippen molar-refractivity contribution in [1.82, 2.24) is 19.9 Å². The summed E-state index contributed by atoms with van der Waals surface area (Å²) >= 11 is 3.42. The van der Waals surface area contributed by atoms with Gasteiger partial charge in [0.05, 0.1) is 23.5 Å². The van der Waals surface area contributed by atoms with Gasteiger partial charge in [0, 0.05) is 17.6 Å². The van der Waals surface area contributed by atoms with E-state index in [0.29, 0.717) is 13.1 Å². The first-order chi connectivity index (χ1) is 10.6. The molecule has 1 aliphatic rings. The topological polar surface area (TPSA) is 71.2 Å². The van der Waals surface area contributed by atoms with E-state index >= 15 is 0 Å². The van der Waals surface area contributed by atoms with Crippen LogP contribution in [-0.4, -0.2) is 44.1 Å². The first-order valence-electron chi connectivity index (χ1n) is 7.24. The van der Waals surface area contributed by atoms with Crippen LogP contribution in [0.1, 0.15) is 18.5 Å². The van der Waals surface area contributed by atoms with Crippen molar-refractivity contribution >= 4 is 21.9 Å². The third kappa shape index (κ3) is 3.36. The van der Waals surface area contributed by atoms with Crippen LogP contribution in [0.3, 0.4) is 0 Å². The molecule has 1 aromatic heterocycles. The standard InChI is InChI=1S/C15H17BrN4O2/c16-12-3-5-13(6-4-12)20-14(8-17-18-20)10-19-7-1-2-11(9-19)15(21)22/h3-6,8,11H,1-2,7,9-10H2,(H,21,22). The summed E-state index contributed by atoms with van der Waals surface area (Å²) in [5.74, 6) is -0.977. The molecule has 1 fully saturated rings. The van der Waals surface area contributed by atoms with Crippen LogP contribution in [0.15, 0.2) is 34.9 Å². The van der Waals surface area contributed by atoms with E-state index in [4.69, 9.17) is 0 Å². The summed E-state index contributed by atoms with van der Waals surface area (Å²) < 4.78 is 2.81. The Kier molecular flexibility index (Phi) is 4.54. The zero-order chi connectivity index (χ0) is 15.5. The molecule has 3 rings (SSSR count). The maximum Gasteiger partial charge on any atom is 0.307 e. The molecule has 116 valence electrons. The van der Waals surface area contributed by atoms with Gasteiger partial charge in [-0.1, -0.05) is 21.1 Å². The van der Waals surface area contributed by atoms with Gasteiger partial charge in [-0.3, -0.25) is 9.69 Å². The number of hydrogen-bond donors (Lipinski definition) is 1. The Hall–Kier alpha value is -1.73. The smallest absolute Gasteiger partial charge is 0.307 e. The lowest BCUT2D eigenvalue weighted by molar-refractivity contribution is -0.143. The van der Waals surface area contributed by atoms with Crippen molar-refractivity contribution in [3.63, 3.8) is 0 Å². The van der Waals surface area contributed by atoms with Gasteiger partial charge in [0.15, 0.2) is 0 Å². The number of halogens is 1. The maximum absolute atomic E-state index is 11.2. The number of nitrogens with zero attached hydrogens (tertiary/aromatic N) is 4. The molecule has 0 bridgehead atoms. The van der Waals surface area contributed by atoms with Gasteiger partial charge in [0.2, 0.25) is 0 Å². The van der Waals surface area contributed by atoms with Gasteiger partial charge in [0.25, 0.3) is 0 Å². The quantitative estimate of drug-likeness (QED) is 0.901. The molecule has 1 aliphatic heterocycles. The lowest BCUT2D eigenvalue weighted by Gasteiger charge is -2.30. The molecular formula is C15H17BrN4O2. The number of aliphatic carboxylic acids is 1. The van der Waals surface area contributed by atoms with E-state index in [-0.39, 0.29) is 5.92 Å². The second-order valence-corrected chi connectivity index (χ2v) is 6.44. The third-order valence-electron chi connectivity index (χ3n) is 3.93. The molecule has 6 nitrogen and oxygen atoms in total. The monoisotopic (exact) mass is 364 g/mol. The van der Waals surface area contributed by atoms with Crippen LogP contribution in [0, 0.1) is 5.92 Å². The van der Waals surface area contributed by atoms with E-state index in [2.05, 4.69) is 31.1 Å². The number of hydrogen-bond acceptors (Lipinski definition) is 4. The van der Waals surface area contributed by atoms with E-state index in [9.17, 15) is 9.90 Å². The number of carboxylic acid groups (broad SMARTS) is 1. The molecular weight excluding hydrogens is 348 g/mol. The van der Waals surface area contributed by atoms with Gasteiger partial charge < -0.3 is 5.11 Å². The van der Waals surface area contributed by atoms with Crippen LogP contribution in [0.2, 0.25) is 0 Å². The van der Waals surface area contributed by atoms with Crippen molar-refractivity contribution in [3.8, 4) is 5.69 Å². The van der Waals surface area contributed by atoms with E-state index in [1.54, 1.807) is 10.9 Å². The van der Waals surface area contributed by atoms with Gasteiger partial charge in [-0.2, -0.15) is 0 Å². The number of rotatable bonds is 4. The molecule has 1 atom stereocenters. The predicted molar refractivity (Wildman–Crippen MR) is 84.7 cm³/mol. The number of aromatic nitrogens is 3. The minimum atomic E-state index is -0.704. The number of carboxylic acids is 1. The number of likely N-dealkylation sites (tertiary alicyclic amines) is 1. The molecule has 0 aliphatic carbocycles. The summed E-state index contributed by atoms with van der Waals surface area (Å²) in [6.07, 6.45) is 3.42. The zero-order valence-electron chi connectivity index (χ0n) is 12.0. The molecule has 7 heteroatoms. The molecule has 0 amide bonds. The summed E-state index contributed by atoms with van der Waals surface area (Å²) in [5, 5.41) is 17.3. The van der Waals surface area contributed by atoms with E-state index < -0.39 is 5.97 Å². The minimum Gasteiger partial charge on any atom is -0.481 e. The summed E-state index contributed by atoms with van der Waals surface area (Å²) in [4.78, 5) is 13.3. The Morgan fingerprint density at radius 3 is 2.86 bits per heavy atom. The van der Waals surface area contributed by atoms with Crippen molar-refractivity contribution in [1.29, 1.82) is 0 Å². The SMILES string of the molecule is O=C(O)C1CCCN(Cc2cnnn2-c2ccc(Br)cc2)C1. The molecule has 1 aromatic carbocycles. The first kappa shape index (κ1) is 15.2. The number of carbonyl (C=O) groups is 1. The molecule has 2 heterocycles. The highest BCUT2D eigenvalue weighted by atomic mass is 79.9. The molecule has 1 N–H and O–H groups in total. The fourth-order valence-electron chi connectivity index (χ4n) is 2.79. The first-order valence-corrected chi connectivity index (χ1v) is 8.03. The largest absolute Gasteiger partial charge is 0.481 e. The summed E-state index contributed by atoms with van der Waals surface area (Å²) in [6.45, 7) is 2.16. The van der Waals surface area contributed by atoms with Gasteiger partial charge in [-0.25, -0.2) is 4.68 Å². The summed E-state index contributed by atoms with van der Waals surface area (Å²) in [7, 11) is 0. The predicted octanol–water partition coefficient (Wildman–Crippen LogP) is 2.33. The Balaban J connectivity index is 1.75. The molecule has 0 radical (unpaired) electrons. The number of benzene rings is 1. The van der Waals surface area contributed by atoms with Gasteiger partial charge in [-0.05, 0) is 43.7 Å². The highest BCUT2D eigenvalue weighted by Gasteiger charge is 2.26. The van der Waals surface area contributed by atoms with Crippen molar-refractivity contribution < 1.29 is 9.90 Å². The lowest BCUT2D eigenvalue weighted by atomic mass is 9.98. The molecule has 1 saturated heterocycles. The average molecular weight is 365 g/mol. The van der Waals surface area contributed by atoms with Crippen molar-refractivity contribution in [2.24, 2.45) is 5.92 Å². The highest BCUT2D eigenvalue weighted by Crippen LogP contribution is 2.20. The van der Waals surface area contributed by atoms with E-state index in [1.807, 2.05) is 24.3 Å². The average Bonchev–Trinajstić information content (AvgIpc) is 2.96. The van der Waals surface area contributed by atoms with Crippen LogP contribution in [0.25, 0.3) is 5.69 Å². The second kappa shape index (κ2) is 6.58. The van der Waals surface area contributed by atoms with Gasteiger partial charge >= 0.3 is 5.97 Å². The molecule has 0 spiro atoms. The fourth-order valence-corrected chi connectivity index (χ4v) is 3.06. The van der Waals surface area contributed by atoms with E-state index in [1.165, 1.54) is 0 Å². The molecule has 22 heavy (non-hydrogen) atoms. The molecule has 2 aromatic rings. The summed E-state index contributed by atoms with van der Waals surface area (Å²) in [5.41, 5.74) is 1.91. The molecule has 1 unspecified atom stereocenters. The van der Waals surface area contributed by atoms with Crippen LogP contribution in [-0.2, 0) is 11.3 Å². The highest BCUT2D eigenvalue weighted by molar-refractivity contribution is 9.10. The van der Waals surface area contributed by atoms with Crippen molar-refractivity contribution in [2.75, 3.05) is 13.1 Å². The van der Waals surface area contributed by atoms with Crippen LogP contribution < -0.4 is 0 Å². The van der Waals surface area contributed by atoms with Crippen molar-refractivity contribution in [3.05, 3.63) is 40.6 Å². The summed E-state index contributed by atoms with van der Waals surface area (Å²) in [6, 6.07) is 7.86. The third-order valence-corrected chi connectivity index (χ3v) is 4.46. The van der Waals surface area contributed by atoms with Crippen molar-refractivity contribution in [2.45, 2.75) is 19.4 Å². The Morgan fingerprint density at radius 1 is 1.36 bits per heavy atom. The number of piperidine rings is 1. The Bertz CT molecular complexity index is 656. The fraction of sp³-hybridized carbons (Fsp3) is 0.400. The van der Waals surface area contributed by atoms with Crippen LogP contribution in [0.4, 0.5) is 0 Å². The van der Waals surface area contributed by atoms with Crippen LogP contribution >= 0.6 is 15.9 Å². The molecule has 0 saturated carbocycles.